The van der Waals surface area contributed by atoms with Crippen molar-refractivity contribution in [1.29, 1.82) is 0 Å². The van der Waals surface area contributed by atoms with Crippen molar-refractivity contribution in [2.24, 2.45) is 5.92 Å². The number of amides is 1. The van der Waals surface area contributed by atoms with Gasteiger partial charge in [-0.1, -0.05) is 0 Å². The Hall–Kier alpha value is -2.66. The molecule has 0 spiro atoms. The number of carbonyl (C=O) groups is 1. The van der Waals surface area contributed by atoms with Gasteiger partial charge in [-0.2, -0.15) is 13.1 Å². The standard InChI is InChI=1S/C19H18F4N2O4S/c20-13-1-6-16(21)17(11-13)30(27,28)25-9-7-12(8-10-25)18(26)24-14-2-4-15(5-3-14)29-19(22)23/h1-6,11-12,19H,7-10H2,(H,24,26). The molecule has 30 heavy (non-hydrogen) atoms. The molecule has 1 aliphatic heterocycles. The van der Waals surface area contributed by atoms with Gasteiger partial charge in [0.1, 0.15) is 22.3 Å². The second-order valence-electron chi connectivity index (χ2n) is 6.65. The molecule has 0 bridgehead atoms. The monoisotopic (exact) mass is 446 g/mol. The average molecular weight is 446 g/mol. The van der Waals surface area contributed by atoms with Crippen LogP contribution in [-0.4, -0.2) is 38.3 Å². The van der Waals surface area contributed by atoms with Crippen LogP contribution in [0, 0.1) is 17.6 Å². The number of hydrogen-bond donors (Lipinski definition) is 1. The number of ether oxygens (including phenoxy) is 1. The molecule has 1 heterocycles. The van der Waals surface area contributed by atoms with Crippen molar-refractivity contribution >= 4 is 21.6 Å². The van der Waals surface area contributed by atoms with Crippen molar-refractivity contribution in [2.75, 3.05) is 18.4 Å². The minimum absolute atomic E-state index is 0.0302. The van der Waals surface area contributed by atoms with Crippen molar-refractivity contribution in [2.45, 2.75) is 24.3 Å². The van der Waals surface area contributed by atoms with Gasteiger partial charge in [0.25, 0.3) is 0 Å². The first-order valence-corrected chi connectivity index (χ1v) is 10.4. The van der Waals surface area contributed by atoms with Crippen LogP contribution in [0.2, 0.25) is 0 Å². The summed E-state index contributed by atoms with van der Waals surface area (Å²) in [5.74, 6) is -2.81. The van der Waals surface area contributed by atoms with Crippen LogP contribution in [0.3, 0.4) is 0 Å². The van der Waals surface area contributed by atoms with Gasteiger partial charge in [0, 0.05) is 24.7 Å². The number of anilines is 1. The summed E-state index contributed by atoms with van der Waals surface area (Å²) >= 11 is 0. The first kappa shape index (κ1) is 22.0. The molecule has 0 unspecified atom stereocenters. The Morgan fingerprint density at radius 3 is 2.30 bits per heavy atom. The van der Waals surface area contributed by atoms with Crippen molar-refractivity contribution in [1.82, 2.24) is 4.31 Å². The molecule has 1 amide bonds. The van der Waals surface area contributed by atoms with Gasteiger partial charge in [0.2, 0.25) is 15.9 Å². The Labute approximate surface area is 170 Å². The highest BCUT2D eigenvalue weighted by Gasteiger charge is 2.33. The summed E-state index contributed by atoms with van der Waals surface area (Å²) in [5.41, 5.74) is 0.374. The quantitative estimate of drug-likeness (QED) is 0.688. The van der Waals surface area contributed by atoms with E-state index in [1.807, 2.05) is 0 Å². The van der Waals surface area contributed by atoms with Gasteiger partial charge in [-0.3, -0.25) is 4.79 Å². The molecule has 1 aliphatic rings. The topological polar surface area (TPSA) is 75.7 Å². The minimum Gasteiger partial charge on any atom is -0.435 e. The van der Waals surface area contributed by atoms with Gasteiger partial charge >= 0.3 is 6.61 Å². The molecule has 2 aromatic carbocycles. The lowest BCUT2D eigenvalue weighted by atomic mass is 9.97. The van der Waals surface area contributed by atoms with Gasteiger partial charge in [0.15, 0.2) is 0 Å². The molecule has 6 nitrogen and oxygen atoms in total. The molecule has 1 N–H and O–H groups in total. The molecule has 1 fully saturated rings. The maximum absolute atomic E-state index is 13.9. The van der Waals surface area contributed by atoms with Crippen LogP contribution in [0.15, 0.2) is 47.4 Å². The molecule has 1 saturated heterocycles. The largest absolute Gasteiger partial charge is 0.435 e. The van der Waals surface area contributed by atoms with Crippen LogP contribution >= 0.6 is 0 Å². The number of piperidine rings is 1. The van der Waals surface area contributed by atoms with Crippen LogP contribution < -0.4 is 10.1 Å². The van der Waals surface area contributed by atoms with E-state index in [0.717, 1.165) is 16.4 Å². The molecule has 3 rings (SSSR count). The second kappa shape index (κ2) is 9.00. The zero-order chi connectivity index (χ0) is 21.9. The smallest absolute Gasteiger partial charge is 0.387 e. The predicted octanol–water partition coefficient (Wildman–Crippen LogP) is 3.61. The molecule has 0 saturated carbocycles. The molecule has 0 aromatic heterocycles. The van der Waals surface area contributed by atoms with Crippen molar-refractivity contribution < 1.29 is 35.5 Å². The lowest BCUT2D eigenvalue weighted by Gasteiger charge is -2.30. The fourth-order valence-electron chi connectivity index (χ4n) is 3.14. The third kappa shape index (κ3) is 5.08. The molecule has 0 aliphatic carbocycles. The van der Waals surface area contributed by atoms with E-state index in [0.29, 0.717) is 11.8 Å². The number of carbonyl (C=O) groups excluding carboxylic acids is 1. The number of nitrogens with one attached hydrogen (secondary N) is 1. The molecule has 0 radical (unpaired) electrons. The van der Waals surface area contributed by atoms with E-state index in [2.05, 4.69) is 10.1 Å². The normalized spacial score (nSPS) is 15.9. The van der Waals surface area contributed by atoms with Crippen LogP contribution in [0.4, 0.5) is 23.2 Å². The summed E-state index contributed by atoms with van der Waals surface area (Å²) in [6, 6.07) is 7.58. The Kier molecular flexibility index (Phi) is 6.61. The fourth-order valence-corrected chi connectivity index (χ4v) is 4.68. The number of rotatable bonds is 6. The Morgan fingerprint density at radius 1 is 1.07 bits per heavy atom. The summed E-state index contributed by atoms with van der Waals surface area (Å²) in [7, 11) is -4.23. The highest BCUT2D eigenvalue weighted by molar-refractivity contribution is 7.89. The molecular weight excluding hydrogens is 428 g/mol. The number of hydrogen-bond acceptors (Lipinski definition) is 4. The van der Waals surface area contributed by atoms with E-state index in [1.165, 1.54) is 24.3 Å². The predicted molar refractivity (Wildman–Crippen MR) is 99.5 cm³/mol. The first-order chi connectivity index (χ1) is 14.2. The van der Waals surface area contributed by atoms with E-state index in [-0.39, 0.29) is 37.6 Å². The average Bonchev–Trinajstić information content (AvgIpc) is 2.71. The molecular formula is C19H18F4N2O4S. The fraction of sp³-hybridized carbons (Fsp3) is 0.316. The Morgan fingerprint density at radius 2 is 1.70 bits per heavy atom. The van der Waals surface area contributed by atoms with E-state index in [9.17, 15) is 30.8 Å². The van der Waals surface area contributed by atoms with Crippen molar-refractivity contribution in [3.8, 4) is 5.75 Å². The number of nitrogens with zero attached hydrogens (tertiary/aromatic N) is 1. The molecule has 2 aromatic rings. The summed E-state index contributed by atoms with van der Waals surface area (Å²) in [6.45, 7) is -3.01. The lowest BCUT2D eigenvalue weighted by molar-refractivity contribution is -0.120. The zero-order valence-electron chi connectivity index (χ0n) is 15.5. The number of alkyl halides is 2. The van der Waals surface area contributed by atoms with Gasteiger partial charge < -0.3 is 10.1 Å². The van der Waals surface area contributed by atoms with Crippen LogP contribution in [0.25, 0.3) is 0 Å². The second-order valence-corrected chi connectivity index (χ2v) is 8.55. The Balaban J connectivity index is 1.59. The van der Waals surface area contributed by atoms with Gasteiger partial charge in [-0.15, -0.1) is 0 Å². The minimum atomic E-state index is -4.23. The van der Waals surface area contributed by atoms with E-state index in [1.54, 1.807) is 0 Å². The summed E-state index contributed by atoms with van der Waals surface area (Å²) in [4.78, 5) is 11.7. The zero-order valence-corrected chi connectivity index (χ0v) is 16.3. The molecule has 162 valence electrons. The van der Waals surface area contributed by atoms with E-state index in [4.69, 9.17) is 0 Å². The van der Waals surface area contributed by atoms with Crippen molar-refractivity contribution in [3.63, 3.8) is 0 Å². The number of sulfonamides is 1. The van der Waals surface area contributed by atoms with E-state index >= 15 is 0 Å². The number of benzene rings is 2. The van der Waals surface area contributed by atoms with Crippen molar-refractivity contribution in [3.05, 3.63) is 54.1 Å². The Bertz CT molecular complexity index is 1010. The van der Waals surface area contributed by atoms with E-state index < -0.39 is 39.1 Å². The third-order valence-electron chi connectivity index (χ3n) is 4.68. The molecule has 0 atom stereocenters. The first-order valence-electron chi connectivity index (χ1n) is 8.98. The number of halogens is 4. The summed E-state index contributed by atoms with van der Waals surface area (Å²) < 4.78 is 82.0. The lowest BCUT2D eigenvalue weighted by Crippen LogP contribution is -2.41. The van der Waals surface area contributed by atoms with Gasteiger partial charge in [-0.05, 0) is 55.3 Å². The SMILES string of the molecule is O=C(Nc1ccc(OC(F)F)cc1)C1CCN(S(=O)(=O)c2cc(F)ccc2F)CC1. The summed E-state index contributed by atoms with van der Waals surface area (Å²) in [5, 5.41) is 2.63. The van der Waals surface area contributed by atoms with Crippen LogP contribution in [0.1, 0.15) is 12.8 Å². The maximum atomic E-state index is 13.9. The highest BCUT2D eigenvalue weighted by Crippen LogP contribution is 2.27. The third-order valence-corrected chi connectivity index (χ3v) is 6.60. The maximum Gasteiger partial charge on any atom is 0.387 e. The van der Waals surface area contributed by atoms with Gasteiger partial charge in [0.05, 0.1) is 0 Å². The highest BCUT2D eigenvalue weighted by atomic mass is 32.2. The van der Waals surface area contributed by atoms with Crippen LogP contribution in [0.5, 0.6) is 5.75 Å². The summed E-state index contributed by atoms with van der Waals surface area (Å²) in [6.07, 6.45) is 0.378. The van der Waals surface area contributed by atoms with Gasteiger partial charge in [-0.25, -0.2) is 17.2 Å². The molecule has 11 heteroatoms. The van der Waals surface area contributed by atoms with Crippen LogP contribution in [-0.2, 0) is 14.8 Å².